The fourth-order valence-electron chi connectivity index (χ4n) is 3.76. The van der Waals surface area contributed by atoms with Gasteiger partial charge in [-0.05, 0) is 75.5 Å². The van der Waals surface area contributed by atoms with Gasteiger partial charge in [0.1, 0.15) is 5.75 Å². The predicted octanol–water partition coefficient (Wildman–Crippen LogP) is 3.23. The Bertz CT molecular complexity index is 758. The molecule has 0 fully saturated rings. The molecule has 1 amide bonds. The van der Waals surface area contributed by atoms with Crippen LogP contribution in [0.4, 0.5) is 0 Å². The van der Waals surface area contributed by atoms with Crippen LogP contribution < -0.4 is 5.32 Å². The van der Waals surface area contributed by atoms with Crippen LogP contribution in [0, 0.1) is 0 Å². The van der Waals surface area contributed by atoms with Crippen LogP contribution in [0.3, 0.4) is 0 Å². The van der Waals surface area contributed by atoms with E-state index in [-0.39, 0.29) is 23.7 Å². The van der Waals surface area contributed by atoms with E-state index >= 15 is 0 Å². The number of aromatic nitrogens is 1. The Balaban J connectivity index is 1.55. The molecule has 1 aliphatic rings. The van der Waals surface area contributed by atoms with Gasteiger partial charge in [0, 0.05) is 18.7 Å². The summed E-state index contributed by atoms with van der Waals surface area (Å²) in [6, 6.07) is 11.7. The summed E-state index contributed by atoms with van der Waals surface area (Å²) >= 11 is 0. The van der Waals surface area contributed by atoms with Crippen molar-refractivity contribution >= 4 is 5.91 Å². The summed E-state index contributed by atoms with van der Waals surface area (Å²) in [5.74, 6) is 0.372. The van der Waals surface area contributed by atoms with Crippen LogP contribution >= 0.6 is 0 Å². The molecule has 1 aromatic carbocycles. The number of rotatable bonds is 7. The van der Waals surface area contributed by atoms with Crippen molar-refractivity contribution in [1.29, 1.82) is 0 Å². The first-order chi connectivity index (χ1) is 13.0. The molecular formula is C22H29N3O2. The predicted molar refractivity (Wildman–Crippen MR) is 107 cm³/mol. The van der Waals surface area contributed by atoms with Gasteiger partial charge in [-0.1, -0.05) is 18.2 Å². The average Bonchev–Trinajstić information content (AvgIpc) is 2.66. The molecule has 144 valence electrons. The maximum atomic E-state index is 12.6. The summed E-state index contributed by atoms with van der Waals surface area (Å²) in [5.41, 5.74) is 3.45. The third-order valence-corrected chi connectivity index (χ3v) is 5.37. The van der Waals surface area contributed by atoms with E-state index in [2.05, 4.69) is 21.3 Å². The number of hydrogen-bond donors (Lipinski definition) is 2. The van der Waals surface area contributed by atoms with Crippen LogP contribution in [-0.4, -0.2) is 41.0 Å². The third-order valence-electron chi connectivity index (χ3n) is 5.37. The lowest BCUT2D eigenvalue weighted by atomic mass is 9.91. The van der Waals surface area contributed by atoms with Crippen LogP contribution in [0.1, 0.15) is 48.5 Å². The molecule has 0 aliphatic heterocycles. The second kappa shape index (κ2) is 9.00. The van der Waals surface area contributed by atoms with Gasteiger partial charge in [0.25, 0.3) is 0 Å². The van der Waals surface area contributed by atoms with Crippen molar-refractivity contribution in [3.8, 4) is 5.75 Å². The fourth-order valence-corrected chi connectivity index (χ4v) is 3.76. The number of aryl methyl sites for hydroxylation is 1. The lowest BCUT2D eigenvalue weighted by Gasteiger charge is -2.27. The molecule has 0 saturated carbocycles. The summed E-state index contributed by atoms with van der Waals surface area (Å²) in [7, 11) is 4.09. The van der Waals surface area contributed by atoms with Gasteiger partial charge in [-0.2, -0.15) is 0 Å². The summed E-state index contributed by atoms with van der Waals surface area (Å²) in [5, 5.41) is 12.6. The Hall–Kier alpha value is -2.40. The second-order valence-corrected chi connectivity index (χ2v) is 7.59. The van der Waals surface area contributed by atoms with Crippen LogP contribution in [0.2, 0.25) is 0 Å². The summed E-state index contributed by atoms with van der Waals surface area (Å²) in [6.45, 7) is 0. The van der Waals surface area contributed by atoms with Gasteiger partial charge < -0.3 is 15.3 Å². The van der Waals surface area contributed by atoms with E-state index in [4.69, 9.17) is 0 Å². The fraction of sp³-hybridized carbons (Fsp3) is 0.455. The Kier molecular flexibility index (Phi) is 6.45. The van der Waals surface area contributed by atoms with Crippen LogP contribution in [0.5, 0.6) is 5.75 Å². The first-order valence-electron chi connectivity index (χ1n) is 9.70. The second-order valence-electron chi connectivity index (χ2n) is 7.59. The van der Waals surface area contributed by atoms with Gasteiger partial charge in [-0.25, -0.2) is 0 Å². The topological polar surface area (TPSA) is 65.5 Å². The number of phenolic OH excluding ortho intramolecular Hbond substituents is 1. The lowest BCUT2D eigenvalue weighted by Crippen LogP contribution is -2.35. The first kappa shape index (κ1) is 19.4. The molecule has 2 atom stereocenters. The standard InChI is InChI=1S/C22H29N3O2/c1-25(2)18(15-16-8-11-19(26)12-9-16)10-13-21(27)24-20-7-3-5-17-6-4-14-23-22(17)20/h4,6,8-9,11-12,14,18,20,26H,3,5,7,10,13,15H2,1-2H3,(H,24,27)/t18-,20+/m1/s1. The number of amides is 1. The molecule has 0 saturated heterocycles. The number of likely N-dealkylation sites (N-methyl/N-ethyl adjacent to an activating group) is 1. The smallest absolute Gasteiger partial charge is 0.220 e. The third kappa shape index (κ3) is 5.30. The average molecular weight is 367 g/mol. The minimum absolute atomic E-state index is 0.0392. The summed E-state index contributed by atoms with van der Waals surface area (Å²) in [4.78, 5) is 19.2. The molecule has 5 heteroatoms. The molecule has 1 heterocycles. The van der Waals surface area contributed by atoms with Crippen LogP contribution in [0.25, 0.3) is 0 Å². The van der Waals surface area contributed by atoms with E-state index in [0.717, 1.165) is 43.4 Å². The molecule has 3 rings (SSSR count). The van der Waals surface area contributed by atoms with Crippen LogP contribution in [-0.2, 0) is 17.6 Å². The Morgan fingerprint density at radius 3 is 2.81 bits per heavy atom. The lowest BCUT2D eigenvalue weighted by molar-refractivity contribution is -0.122. The van der Waals surface area contributed by atoms with Gasteiger partial charge in [0.2, 0.25) is 5.91 Å². The monoisotopic (exact) mass is 367 g/mol. The molecule has 1 aromatic heterocycles. The van der Waals surface area contributed by atoms with Gasteiger partial charge in [-0.15, -0.1) is 0 Å². The molecule has 1 aliphatic carbocycles. The molecule has 0 unspecified atom stereocenters. The molecule has 2 aromatic rings. The molecule has 5 nitrogen and oxygen atoms in total. The van der Waals surface area contributed by atoms with E-state index in [1.807, 2.05) is 38.5 Å². The molecule has 27 heavy (non-hydrogen) atoms. The highest BCUT2D eigenvalue weighted by Crippen LogP contribution is 2.27. The number of pyridine rings is 1. The number of hydrogen-bond acceptors (Lipinski definition) is 4. The number of carbonyl (C=O) groups is 1. The van der Waals surface area contributed by atoms with E-state index in [0.29, 0.717) is 6.42 Å². The number of benzene rings is 1. The van der Waals surface area contributed by atoms with Crippen molar-refractivity contribution < 1.29 is 9.90 Å². The summed E-state index contributed by atoms with van der Waals surface area (Å²) in [6.07, 6.45) is 7.05. The van der Waals surface area contributed by atoms with Crippen molar-refractivity contribution in [1.82, 2.24) is 15.2 Å². The van der Waals surface area contributed by atoms with E-state index in [9.17, 15) is 9.90 Å². The van der Waals surface area contributed by atoms with Crippen LogP contribution in [0.15, 0.2) is 42.6 Å². The number of carbonyl (C=O) groups excluding carboxylic acids is 1. The number of fused-ring (bicyclic) bond motifs is 1. The first-order valence-corrected chi connectivity index (χ1v) is 9.70. The van der Waals surface area contributed by atoms with Gasteiger partial charge in [0.05, 0.1) is 11.7 Å². The molecule has 0 bridgehead atoms. The van der Waals surface area contributed by atoms with Gasteiger partial charge in [-0.3, -0.25) is 9.78 Å². The Labute approximate surface area is 161 Å². The highest BCUT2D eigenvalue weighted by Gasteiger charge is 2.23. The van der Waals surface area contributed by atoms with Crippen molar-refractivity contribution in [2.24, 2.45) is 0 Å². The highest BCUT2D eigenvalue weighted by atomic mass is 16.3. The maximum absolute atomic E-state index is 12.6. The zero-order valence-electron chi connectivity index (χ0n) is 16.2. The number of aromatic hydroxyl groups is 1. The largest absolute Gasteiger partial charge is 0.508 e. The maximum Gasteiger partial charge on any atom is 0.220 e. The highest BCUT2D eigenvalue weighted by molar-refractivity contribution is 5.76. The van der Waals surface area contributed by atoms with Crippen molar-refractivity contribution in [2.45, 2.75) is 50.6 Å². The number of nitrogens with one attached hydrogen (secondary N) is 1. The normalized spacial score (nSPS) is 17.4. The van der Waals surface area contributed by atoms with E-state index in [1.165, 1.54) is 5.56 Å². The molecule has 2 N–H and O–H groups in total. The number of nitrogens with zero attached hydrogens (tertiary/aromatic N) is 2. The van der Waals surface area contributed by atoms with Crippen molar-refractivity contribution in [3.05, 3.63) is 59.4 Å². The molecule has 0 radical (unpaired) electrons. The van der Waals surface area contributed by atoms with E-state index in [1.54, 1.807) is 12.1 Å². The number of phenols is 1. The zero-order valence-corrected chi connectivity index (χ0v) is 16.2. The quantitative estimate of drug-likeness (QED) is 0.788. The SMILES string of the molecule is CN(C)[C@H](CCC(=O)N[C@H]1CCCc2cccnc21)Cc1ccc(O)cc1. The Morgan fingerprint density at radius 2 is 2.07 bits per heavy atom. The molecular weight excluding hydrogens is 338 g/mol. The van der Waals surface area contributed by atoms with Crippen molar-refractivity contribution in [2.75, 3.05) is 14.1 Å². The van der Waals surface area contributed by atoms with Gasteiger partial charge in [0.15, 0.2) is 0 Å². The zero-order chi connectivity index (χ0) is 19.2. The Morgan fingerprint density at radius 1 is 1.30 bits per heavy atom. The van der Waals surface area contributed by atoms with E-state index < -0.39 is 0 Å². The minimum atomic E-state index is 0.0392. The van der Waals surface area contributed by atoms with Gasteiger partial charge >= 0.3 is 0 Å². The summed E-state index contributed by atoms with van der Waals surface area (Å²) < 4.78 is 0. The minimum Gasteiger partial charge on any atom is -0.508 e. The van der Waals surface area contributed by atoms with Crippen molar-refractivity contribution in [3.63, 3.8) is 0 Å². The molecule has 0 spiro atoms.